The van der Waals surface area contributed by atoms with Crippen LogP contribution < -0.4 is 5.73 Å². The summed E-state index contributed by atoms with van der Waals surface area (Å²) >= 11 is 3.45. The van der Waals surface area contributed by atoms with E-state index in [1.165, 1.54) is 24.9 Å². The van der Waals surface area contributed by atoms with Crippen LogP contribution in [0.4, 0.5) is 5.69 Å². The summed E-state index contributed by atoms with van der Waals surface area (Å²) in [6.07, 6.45) is 2.66. The van der Waals surface area contributed by atoms with Crippen LogP contribution in [0.5, 0.6) is 0 Å². The van der Waals surface area contributed by atoms with Gasteiger partial charge in [-0.1, -0.05) is 28.9 Å². The number of nitrogens with zero attached hydrogens (tertiary/aromatic N) is 1. The van der Waals surface area contributed by atoms with Crippen LogP contribution in [0.3, 0.4) is 0 Å². The third kappa shape index (κ3) is 3.02. The van der Waals surface area contributed by atoms with E-state index in [1.54, 1.807) is 0 Å². The molecule has 1 aromatic rings. The summed E-state index contributed by atoms with van der Waals surface area (Å²) < 4.78 is 1.05. The van der Waals surface area contributed by atoms with Crippen LogP contribution in [0.15, 0.2) is 22.7 Å². The highest BCUT2D eigenvalue weighted by molar-refractivity contribution is 9.10. The van der Waals surface area contributed by atoms with Gasteiger partial charge in [0.05, 0.1) is 0 Å². The topological polar surface area (TPSA) is 29.3 Å². The number of rotatable bonds is 2. The molecule has 1 saturated heterocycles. The molecule has 2 unspecified atom stereocenters. The Kier molecular flexibility index (Phi) is 4.10. The molecule has 0 spiro atoms. The summed E-state index contributed by atoms with van der Waals surface area (Å²) in [5.74, 6) is 0.792. The van der Waals surface area contributed by atoms with Crippen LogP contribution >= 0.6 is 15.9 Å². The molecule has 1 aromatic carbocycles. The fourth-order valence-corrected chi connectivity index (χ4v) is 2.95. The Morgan fingerprint density at radius 2 is 2.18 bits per heavy atom. The number of halogens is 1. The Morgan fingerprint density at radius 3 is 2.88 bits per heavy atom. The highest BCUT2D eigenvalue weighted by Crippen LogP contribution is 2.26. The van der Waals surface area contributed by atoms with Crippen molar-refractivity contribution in [2.75, 3.05) is 12.3 Å². The molecule has 0 bridgehead atoms. The molecule has 0 aliphatic carbocycles. The second-order valence-electron chi connectivity index (χ2n) is 5.17. The van der Waals surface area contributed by atoms with Gasteiger partial charge in [0.2, 0.25) is 0 Å². The second-order valence-corrected chi connectivity index (χ2v) is 6.09. The van der Waals surface area contributed by atoms with Crippen molar-refractivity contribution in [2.45, 2.75) is 39.3 Å². The second kappa shape index (κ2) is 5.40. The molecule has 0 aromatic heterocycles. The lowest BCUT2D eigenvalue weighted by Crippen LogP contribution is -2.41. The average molecular weight is 297 g/mol. The van der Waals surface area contributed by atoms with E-state index >= 15 is 0 Å². The number of nitrogens with two attached hydrogens (primary N) is 1. The molecule has 3 heteroatoms. The Labute approximate surface area is 112 Å². The normalized spacial score (nSPS) is 26.1. The van der Waals surface area contributed by atoms with Gasteiger partial charge in [-0.2, -0.15) is 0 Å². The van der Waals surface area contributed by atoms with E-state index in [2.05, 4.69) is 46.8 Å². The largest absolute Gasteiger partial charge is 0.398 e. The first-order valence-corrected chi connectivity index (χ1v) is 7.15. The molecule has 1 aliphatic heterocycles. The van der Waals surface area contributed by atoms with Gasteiger partial charge in [0.15, 0.2) is 0 Å². The number of likely N-dealkylation sites (tertiary alicyclic amines) is 1. The first kappa shape index (κ1) is 12.9. The third-order valence-electron chi connectivity index (χ3n) is 3.99. The quantitative estimate of drug-likeness (QED) is 0.844. The predicted molar refractivity (Wildman–Crippen MR) is 76.8 cm³/mol. The Balaban J connectivity index is 2.09. The van der Waals surface area contributed by atoms with Gasteiger partial charge < -0.3 is 5.73 Å². The fraction of sp³-hybridized carbons (Fsp3) is 0.571. The van der Waals surface area contributed by atoms with E-state index in [-0.39, 0.29) is 0 Å². The molecule has 0 radical (unpaired) electrons. The molecule has 0 saturated carbocycles. The van der Waals surface area contributed by atoms with E-state index in [0.717, 1.165) is 22.6 Å². The van der Waals surface area contributed by atoms with Gasteiger partial charge in [-0.05, 0) is 49.9 Å². The van der Waals surface area contributed by atoms with Crippen LogP contribution in [-0.4, -0.2) is 17.5 Å². The molecule has 1 heterocycles. The summed E-state index contributed by atoms with van der Waals surface area (Å²) in [6, 6.07) is 6.86. The minimum absolute atomic E-state index is 0.659. The summed E-state index contributed by atoms with van der Waals surface area (Å²) in [5.41, 5.74) is 8.20. The van der Waals surface area contributed by atoms with Gasteiger partial charge >= 0.3 is 0 Å². The molecule has 2 rings (SSSR count). The Bertz CT molecular complexity index is 392. The van der Waals surface area contributed by atoms with Crippen molar-refractivity contribution >= 4 is 21.6 Å². The molecule has 2 N–H and O–H groups in total. The average Bonchev–Trinajstić information content (AvgIpc) is 2.28. The lowest BCUT2D eigenvalue weighted by molar-refractivity contribution is 0.107. The number of piperidine rings is 1. The summed E-state index contributed by atoms with van der Waals surface area (Å²) in [7, 11) is 0. The predicted octanol–water partition coefficient (Wildman–Crippen LogP) is 3.65. The minimum Gasteiger partial charge on any atom is -0.398 e. The summed E-state index contributed by atoms with van der Waals surface area (Å²) in [6.45, 7) is 6.85. The third-order valence-corrected chi connectivity index (χ3v) is 4.48. The first-order chi connectivity index (χ1) is 8.08. The molecule has 2 atom stereocenters. The molecule has 1 fully saturated rings. The maximum atomic E-state index is 6.06. The van der Waals surface area contributed by atoms with Crippen LogP contribution in [0.25, 0.3) is 0 Å². The lowest BCUT2D eigenvalue weighted by atomic mass is 9.91. The van der Waals surface area contributed by atoms with Crippen molar-refractivity contribution in [2.24, 2.45) is 5.92 Å². The van der Waals surface area contributed by atoms with Gasteiger partial charge in [0.25, 0.3) is 0 Å². The van der Waals surface area contributed by atoms with Crippen LogP contribution in [-0.2, 0) is 6.54 Å². The molecular weight excluding hydrogens is 276 g/mol. The molecule has 94 valence electrons. The molecular formula is C14H21BrN2. The standard InChI is InChI=1S/C14H21BrN2/c1-10-4-3-7-17(11(10)2)9-12-5-6-13(15)8-14(12)16/h5-6,8,10-11H,3-4,7,9,16H2,1-2H3. The first-order valence-electron chi connectivity index (χ1n) is 6.36. The number of benzene rings is 1. The zero-order chi connectivity index (χ0) is 12.4. The van der Waals surface area contributed by atoms with Gasteiger partial charge in [-0.15, -0.1) is 0 Å². The van der Waals surface area contributed by atoms with Crippen molar-refractivity contribution < 1.29 is 0 Å². The highest BCUT2D eigenvalue weighted by Gasteiger charge is 2.24. The highest BCUT2D eigenvalue weighted by atomic mass is 79.9. The van der Waals surface area contributed by atoms with Gasteiger partial charge in [-0.3, -0.25) is 4.90 Å². The van der Waals surface area contributed by atoms with Crippen LogP contribution in [0, 0.1) is 5.92 Å². The van der Waals surface area contributed by atoms with Crippen molar-refractivity contribution in [3.8, 4) is 0 Å². The SMILES string of the molecule is CC1CCCN(Cc2ccc(Br)cc2N)C1C. The molecule has 2 nitrogen and oxygen atoms in total. The van der Waals surface area contributed by atoms with Gasteiger partial charge in [0, 0.05) is 22.7 Å². The fourth-order valence-electron chi connectivity index (χ4n) is 2.57. The van der Waals surface area contributed by atoms with Crippen molar-refractivity contribution in [3.63, 3.8) is 0 Å². The minimum atomic E-state index is 0.659. The van der Waals surface area contributed by atoms with E-state index < -0.39 is 0 Å². The number of hydrogen-bond donors (Lipinski definition) is 1. The lowest BCUT2D eigenvalue weighted by Gasteiger charge is -2.38. The summed E-state index contributed by atoms with van der Waals surface area (Å²) in [4.78, 5) is 2.55. The van der Waals surface area contributed by atoms with Gasteiger partial charge in [0.1, 0.15) is 0 Å². The monoisotopic (exact) mass is 296 g/mol. The zero-order valence-corrected chi connectivity index (χ0v) is 12.2. The molecule has 0 amide bonds. The smallest absolute Gasteiger partial charge is 0.0371 e. The van der Waals surface area contributed by atoms with E-state index in [9.17, 15) is 0 Å². The Hall–Kier alpha value is -0.540. The Morgan fingerprint density at radius 1 is 1.41 bits per heavy atom. The number of hydrogen-bond acceptors (Lipinski definition) is 2. The zero-order valence-electron chi connectivity index (χ0n) is 10.6. The molecule has 17 heavy (non-hydrogen) atoms. The van der Waals surface area contributed by atoms with Crippen LogP contribution in [0.2, 0.25) is 0 Å². The number of anilines is 1. The van der Waals surface area contributed by atoms with Gasteiger partial charge in [-0.25, -0.2) is 0 Å². The molecule has 1 aliphatic rings. The van der Waals surface area contributed by atoms with E-state index in [1.807, 2.05) is 6.07 Å². The van der Waals surface area contributed by atoms with Crippen molar-refractivity contribution in [3.05, 3.63) is 28.2 Å². The van der Waals surface area contributed by atoms with E-state index in [0.29, 0.717) is 6.04 Å². The van der Waals surface area contributed by atoms with E-state index in [4.69, 9.17) is 5.73 Å². The maximum Gasteiger partial charge on any atom is 0.0371 e. The summed E-state index contributed by atoms with van der Waals surface area (Å²) in [5, 5.41) is 0. The van der Waals surface area contributed by atoms with Crippen molar-refractivity contribution in [1.29, 1.82) is 0 Å². The van der Waals surface area contributed by atoms with Crippen LogP contribution in [0.1, 0.15) is 32.3 Å². The maximum absolute atomic E-state index is 6.06. The number of nitrogen functional groups attached to an aromatic ring is 1. The van der Waals surface area contributed by atoms with Crippen molar-refractivity contribution in [1.82, 2.24) is 4.90 Å².